The molecular weight excluding hydrogens is 459 g/mol. The van der Waals surface area contributed by atoms with Crippen molar-refractivity contribution in [1.82, 2.24) is 29.6 Å². The third kappa shape index (κ3) is 3.72. The molecule has 10 heteroatoms. The van der Waals surface area contributed by atoms with Gasteiger partial charge in [-0.05, 0) is 75.0 Å². The number of hydrogen-bond donors (Lipinski definition) is 2. The van der Waals surface area contributed by atoms with Gasteiger partial charge in [0.2, 0.25) is 5.95 Å². The second-order valence-corrected chi connectivity index (χ2v) is 9.90. The highest BCUT2D eigenvalue weighted by molar-refractivity contribution is 5.77. The van der Waals surface area contributed by atoms with E-state index in [2.05, 4.69) is 43.8 Å². The first-order valence-corrected chi connectivity index (χ1v) is 12.0. The van der Waals surface area contributed by atoms with Crippen molar-refractivity contribution >= 4 is 22.7 Å². The van der Waals surface area contributed by atoms with Crippen LogP contribution in [0.1, 0.15) is 49.6 Å². The Bertz CT molecular complexity index is 1610. The Kier molecular flexibility index (Phi) is 5.12. The quantitative estimate of drug-likeness (QED) is 0.445. The van der Waals surface area contributed by atoms with E-state index in [1.807, 2.05) is 6.07 Å². The van der Waals surface area contributed by atoms with E-state index in [9.17, 15) is 10.1 Å². The monoisotopic (exact) mass is 484 g/mol. The number of nitriles is 1. The van der Waals surface area contributed by atoms with E-state index in [1.54, 1.807) is 13.8 Å². The standard InChI is InChI=1S/C26H25FN8O/c1-26(2,14-28)21-8-7-20(27)23(32-21)35-22-19(24(36)34(35)18-5-6-18)13-30-25(33-22)31-17-4-3-16-12-29-10-9-15(16)11-17/h3-4,7-8,11,13,18,29H,5-6,9-10,12H2,1-2H3,(H,30,31,33). The summed E-state index contributed by atoms with van der Waals surface area (Å²) in [5.41, 5.74) is 2.83. The highest BCUT2D eigenvalue weighted by atomic mass is 19.1. The number of nitrogens with one attached hydrogen (secondary N) is 2. The van der Waals surface area contributed by atoms with Gasteiger partial charge in [0.1, 0.15) is 5.39 Å². The third-order valence-electron chi connectivity index (χ3n) is 6.81. The van der Waals surface area contributed by atoms with Crippen LogP contribution in [0.3, 0.4) is 0 Å². The molecule has 1 aromatic carbocycles. The molecule has 1 aliphatic carbocycles. The number of nitrogens with zero attached hydrogens (tertiary/aromatic N) is 6. The van der Waals surface area contributed by atoms with Crippen molar-refractivity contribution in [2.75, 3.05) is 11.9 Å². The smallest absolute Gasteiger partial charge is 0.278 e. The molecule has 4 aromatic rings. The second-order valence-electron chi connectivity index (χ2n) is 9.90. The van der Waals surface area contributed by atoms with Gasteiger partial charge in [0, 0.05) is 18.4 Å². The summed E-state index contributed by atoms with van der Waals surface area (Å²) in [6, 6.07) is 11.1. The molecule has 36 heavy (non-hydrogen) atoms. The Labute approximate surface area is 206 Å². The van der Waals surface area contributed by atoms with Crippen LogP contribution in [-0.2, 0) is 18.4 Å². The van der Waals surface area contributed by atoms with Crippen molar-refractivity contribution < 1.29 is 4.39 Å². The predicted octanol–water partition coefficient (Wildman–Crippen LogP) is 3.64. The van der Waals surface area contributed by atoms with E-state index >= 15 is 4.39 Å². The average molecular weight is 485 g/mol. The van der Waals surface area contributed by atoms with E-state index in [4.69, 9.17) is 0 Å². The lowest BCUT2D eigenvalue weighted by molar-refractivity contribution is 0.518. The topological polar surface area (TPSA) is 113 Å². The van der Waals surface area contributed by atoms with Crippen LogP contribution in [0, 0.1) is 17.1 Å². The molecule has 3 aromatic heterocycles. The molecular formula is C26H25FN8O. The van der Waals surface area contributed by atoms with Gasteiger partial charge in [-0.1, -0.05) is 6.07 Å². The first-order chi connectivity index (χ1) is 17.4. The van der Waals surface area contributed by atoms with Crippen LogP contribution in [0.2, 0.25) is 0 Å². The predicted molar refractivity (Wildman–Crippen MR) is 133 cm³/mol. The second kappa shape index (κ2) is 8.24. The molecule has 0 atom stereocenters. The first kappa shape index (κ1) is 22.4. The lowest BCUT2D eigenvalue weighted by atomic mass is 9.91. The normalized spacial score (nSPS) is 15.5. The summed E-state index contributed by atoms with van der Waals surface area (Å²) in [5.74, 6) is -0.358. The fourth-order valence-corrected chi connectivity index (χ4v) is 4.58. The Morgan fingerprint density at radius 3 is 2.81 bits per heavy atom. The zero-order valence-electron chi connectivity index (χ0n) is 20.0. The summed E-state index contributed by atoms with van der Waals surface area (Å²) in [6.07, 6.45) is 4.04. The molecule has 2 N–H and O–H groups in total. The molecule has 2 aliphatic rings. The molecule has 1 aliphatic heterocycles. The summed E-state index contributed by atoms with van der Waals surface area (Å²) < 4.78 is 18.2. The number of pyridine rings is 1. The lowest BCUT2D eigenvalue weighted by Crippen LogP contribution is -2.24. The van der Waals surface area contributed by atoms with E-state index < -0.39 is 11.2 Å². The Balaban J connectivity index is 1.49. The van der Waals surface area contributed by atoms with Gasteiger partial charge in [-0.2, -0.15) is 10.2 Å². The lowest BCUT2D eigenvalue weighted by Gasteiger charge is -2.18. The maximum atomic E-state index is 15.2. The summed E-state index contributed by atoms with van der Waals surface area (Å²) in [6.45, 7) is 5.22. The zero-order valence-corrected chi connectivity index (χ0v) is 20.0. The van der Waals surface area contributed by atoms with Crippen molar-refractivity contribution in [1.29, 1.82) is 5.26 Å². The fraction of sp³-hybridized carbons (Fsp3) is 0.346. The summed E-state index contributed by atoms with van der Waals surface area (Å²) in [5, 5.41) is 16.5. The van der Waals surface area contributed by atoms with Crippen molar-refractivity contribution in [3.05, 3.63) is 69.5 Å². The number of hydrogen-bond acceptors (Lipinski definition) is 7. The minimum Gasteiger partial charge on any atom is -0.324 e. The van der Waals surface area contributed by atoms with Crippen molar-refractivity contribution in [2.24, 2.45) is 0 Å². The van der Waals surface area contributed by atoms with Crippen LogP contribution in [0.5, 0.6) is 0 Å². The maximum Gasteiger partial charge on any atom is 0.278 e. The molecule has 0 radical (unpaired) electrons. The van der Waals surface area contributed by atoms with Crippen molar-refractivity contribution in [2.45, 2.75) is 51.1 Å². The molecule has 0 saturated heterocycles. The molecule has 4 heterocycles. The van der Waals surface area contributed by atoms with Gasteiger partial charge in [0.05, 0.1) is 23.2 Å². The zero-order chi connectivity index (χ0) is 25.0. The van der Waals surface area contributed by atoms with Gasteiger partial charge in [0.15, 0.2) is 17.3 Å². The molecule has 6 rings (SSSR count). The van der Waals surface area contributed by atoms with Crippen molar-refractivity contribution in [3.8, 4) is 11.9 Å². The number of fused-ring (bicyclic) bond motifs is 2. The van der Waals surface area contributed by atoms with Gasteiger partial charge in [-0.25, -0.2) is 23.7 Å². The van der Waals surface area contributed by atoms with Gasteiger partial charge in [-0.15, -0.1) is 0 Å². The van der Waals surface area contributed by atoms with Crippen LogP contribution in [-0.4, -0.2) is 30.9 Å². The number of rotatable bonds is 5. The minimum atomic E-state index is -0.931. The molecule has 0 unspecified atom stereocenters. The van der Waals surface area contributed by atoms with Crippen LogP contribution < -0.4 is 16.2 Å². The summed E-state index contributed by atoms with van der Waals surface area (Å²) in [4.78, 5) is 26.8. The molecule has 9 nitrogen and oxygen atoms in total. The maximum absolute atomic E-state index is 15.2. The summed E-state index contributed by atoms with van der Waals surface area (Å²) >= 11 is 0. The molecule has 1 fully saturated rings. The molecule has 0 amide bonds. The molecule has 182 valence electrons. The van der Waals surface area contributed by atoms with Gasteiger partial charge >= 0.3 is 0 Å². The number of halogens is 1. The van der Waals surface area contributed by atoms with Gasteiger partial charge < -0.3 is 10.6 Å². The number of benzene rings is 1. The van der Waals surface area contributed by atoms with Crippen LogP contribution in [0.4, 0.5) is 16.0 Å². The Hall–Kier alpha value is -4.10. The van der Waals surface area contributed by atoms with Crippen molar-refractivity contribution in [3.63, 3.8) is 0 Å². The minimum absolute atomic E-state index is 0.0549. The van der Waals surface area contributed by atoms with Crippen LogP contribution in [0.25, 0.3) is 16.9 Å². The first-order valence-electron chi connectivity index (χ1n) is 12.0. The largest absolute Gasteiger partial charge is 0.324 e. The van der Waals surface area contributed by atoms with E-state index in [0.29, 0.717) is 11.6 Å². The van der Waals surface area contributed by atoms with Crippen LogP contribution in [0.15, 0.2) is 41.3 Å². The van der Waals surface area contributed by atoms with Gasteiger partial charge in [-0.3, -0.25) is 4.79 Å². The molecule has 0 bridgehead atoms. The molecule has 0 spiro atoms. The Morgan fingerprint density at radius 2 is 2.03 bits per heavy atom. The number of aromatic nitrogens is 5. The SMILES string of the molecule is CC(C)(C#N)c1ccc(F)c(-n2c3nc(Nc4ccc5c(c4)CCNC5)ncc3c(=O)n2C2CC2)n1. The van der Waals surface area contributed by atoms with E-state index in [-0.39, 0.29) is 28.5 Å². The number of anilines is 2. The summed E-state index contributed by atoms with van der Waals surface area (Å²) in [7, 11) is 0. The highest BCUT2D eigenvalue weighted by Gasteiger charge is 2.33. The molecule has 1 saturated carbocycles. The average Bonchev–Trinajstić information content (AvgIpc) is 3.68. The Morgan fingerprint density at radius 1 is 1.19 bits per heavy atom. The van der Waals surface area contributed by atoms with E-state index in [0.717, 1.165) is 38.0 Å². The van der Waals surface area contributed by atoms with Crippen LogP contribution >= 0.6 is 0 Å². The van der Waals surface area contributed by atoms with E-state index in [1.165, 1.54) is 38.8 Å². The van der Waals surface area contributed by atoms with Gasteiger partial charge in [0.25, 0.3) is 5.56 Å². The fourth-order valence-electron chi connectivity index (χ4n) is 4.58. The highest BCUT2D eigenvalue weighted by Crippen LogP contribution is 2.36. The third-order valence-corrected chi connectivity index (χ3v) is 6.81.